The van der Waals surface area contributed by atoms with Gasteiger partial charge in [-0.25, -0.2) is 4.98 Å². The summed E-state index contributed by atoms with van der Waals surface area (Å²) < 4.78 is 70.7. The van der Waals surface area contributed by atoms with E-state index < -0.39 is 15.1 Å². The van der Waals surface area contributed by atoms with Crippen molar-refractivity contribution in [3.63, 3.8) is 0 Å². The van der Waals surface area contributed by atoms with Crippen LogP contribution < -0.4 is 10.3 Å². The Morgan fingerprint density at radius 3 is 2.10 bits per heavy atom. The highest BCUT2D eigenvalue weighted by Gasteiger charge is 2.65. The molecule has 0 N–H and O–H groups in total. The first-order valence-electron chi connectivity index (χ1n) is 8.47. The summed E-state index contributed by atoms with van der Waals surface area (Å²) in [7, 11) is -8.18. The molecule has 0 atom stereocenters. The molecule has 4 nitrogen and oxygen atoms in total. The lowest BCUT2D eigenvalue weighted by Crippen LogP contribution is -2.14. The van der Waals surface area contributed by atoms with Gasteiger partial charge in [-0.1, -0.05) is 33.3 Å². The van der Waals surface area contributed by atoms with Crippen molar-refractivity contribution in [1.82, 2.24) is 9.55 Å². The smallest absolute Gasteiger partial charge is 0.310 e. The van der Waals surface area contributed by atoms with Crippen LogP contribution in [0, 0.1) is 0 Å². The van der Waals surface area contributed by atoms with Gasteiger partial charge >= 0.3 is 10.2 Å². The number of aryl methyl sites for hydroxylation is 1. The second kappa shape index (κ2) is 7.18. The fourth-order valence-corrected chi connectivity index (χ4v) is 2.97. The topological polar surface area (TPSA) is 44.1 Å². The number of ether oxygens (including phenoxy) is 1. The molecule has 2 heterocycles. The van der Waals surface area contributed by atoms with E-state index in [1.807, 2.05) is 13.8 Å². The van der Waals surface area contributed by atoms with Crippen molar-refractivity contribution in [2.45, 2.75) is 18.7 Å². The van der Waals surface area contributed by atoms with Crippen molar-refractivity contribution in [3.8, 4) is 22.8 Å². The van der Waals surface area contributed by atoms with Gasteiger partial charge in [0.25, 0.3) is 0 Å². The first-order chi connectivity index (χ1) is 13.3. The lowest BCUT2D eigenvalue weighted by molar-refractivity contribution is 0.363. The molecule has 3 aromatic rings. The third kappa shape index (κ3) is 5.57. The van der Waals surface area contributed by atoms with Crippen LogP contribution in [0.5, 0.6) is 11.6 Å². The maximum absolute atomic E-state index is 12.8. The lowest BCUT2D eigenvalue weighted by Gasteiger charge is -2.40. The van der Waals surface area contributed by atoms with E-state index in [1.54, 1.807) is 31.4 Å². The summed E-state index contributed by atoms with van der Waals surface area (Å²) in [4.78, 5) is 13.5. The number of nitrogens with zero attached hydrogens (tertiary/aromatic N) is 2. The minimum atomic E-state index is -9.74. The van der Waals surface area contributed by atoms with E-state index in [2.05, 4.69) is 4.98 Å². The van der Waals surface area contributed by atoms with Crippen LogP contribution >= 0.6 is 10.2 Å². The molecule has 1 aromatic carbocycles. The molecular formula is C19H19F5N2O2S. The van der Waals surface area contributed by atoms with Gasteiger partial charge < -0.3 is 9.30 Å². The molecular weight excluding hydrogens is 415 g/mol. The summed E-state index contributed by atoms with van der Waals surface area (Å²) >= 11 is 0. The number of hydrogen-bond acceptors (Lipinski definition) is 3. The highest BCUT2D eigenvalue weighted by molar-refractivity contribution is 8.45. The molecule has 0 unspecified atom stereocenters. The zero-order valence-electron chi connectivity index (χ0n) is 15.8. The first-order valence-corrected chi connectivity index (χ1v) is 10.4. The molecule has 0 aliphatic rings. The van der Waals surface area contributed by atoms with Gasteiger partial charge in [0.05, 0.1) is 0 Å². The Hall–Kier alpha value is -2.88. The summed E-state index contributed by atoms with van der Waals surface area (Å²) in [5, 5.41) is 0. The fourth-order valence-electron chi connectivity index (χ4n) is 2.32. The highest BCUT2D eigenvalue weighted by Crippen LogP contribution is 3.02. The summed E-state index contributed by atoms with van der Waals surface area (Å²) in [5.74, 6) is -0.0402. The summed E-state index contributed by atoms with van der Waals surface area (Å²) in [6, 6.07) is 8.28. The Bertz CT molecular complexity index is 1070. The Labute approximate surface area is 164 Å². The molecule has 3 rings (SSSR count). The van der Waals surface area contributed by atoms with Crippen molar-refractivity contribution in [2.24, 2.45) is 7.05 Å². The van der Waals surface area contributed by atoms with Crippen LogP contribution in [0.25, 0.3) is 11.1 Å². The monoisotopic (exact) mass is 434 g/mol. The molecule has 0 saturated heterocycles. The molecule has 0 aliphatic carbocycles. The van der Waals surface area contributed by atoms with Gasteiger partial charge in [0.1, 0.15) is 10.6 Å². The minimum Gasteiger partial charge on any atom is -0.438 e. The molecule has 0 aliphatic heterocycles. The molecule has 0 fully saturated rings. The normalized spacial score (nSPS) is 13.5. The standard InChI is InChI=1S/C17H13F5N2O2S.C2H6/c1-24-11-12(4-9-16(24)25)15-3-2-10-23-17(15)26-13-5-7-14(8-6-13)27(18,19,20,21)22;1-2/h2-11H,1H3;1-2H3. The van der Waals surface area contributed by atoms with E-state index in [1.165, 1.54) is 16.8 Å². The van der Waals surface area contributed by atoms with Crippen LogP contribution in [-0.2, 0) is 7.05 Å². The Morgan fingerprint density at radius 1 is 0.931 bits per heavy atom. The number of hydrogen-bond donors (Lipinski definition) is 0. The molecule has 0 spiro atoms. The van der Waals surface area contributed by atoms with Gasteiger partial charge in [-0.05, 0) is 42.5 Å². The molecule has 0 saturated carbocycles. The van der Waals surface area contributed by atoms with E-state index in [-0.39, 0.29) is 29.3 Å². The van der Waals surface area contributed by atoms with Crippen molar-refractivity contribution in [3.05, 3.63) is 71.3 Å². The van der Waals surface area contributed by atoms with Crippen molar-refractivity contribution in [1.29, 1.82) is 0 Å². The highest BCUT2D eigenvalue weighted by atomic mass is 32.5. The van der Waals surface area contributed by atoms with Gasteiger partial charge in [0, 0.05) is 36.6 Å². The van der Waals surface area contributed by atoms with Gasteiger partial charge in [-0.3, -0.25) is 4.79 Å². The predicted molar refractivity (Wildman–Crippen MR) is 104 cm³/mol. The van der Waals surface area contributed by atoms with E-state index in [4.69, 9.17) is 4.74 Å². The Morgan fingerprint density at radius 2 is 1.55 bits per heavy atom. The molecule has 0 bridgehead atoms. The van der Waals surface area contributed by atoms with Crippen LogP contribution in [0.15, 0.2) is 70.6 Å². The van der Waals surface area contributed by atoms with Crippen LogP contribution in [0.4, 0.5) is 19.4 Å². The number of pyridine rings is 2. The Balaban J connectivity index is 0.00000145. The average Bonchev–Trinajstić information content (AvgIpc) is 2.65. The van der Waals surface area contributed by atoms with E-state index in [0.29, 0.717) is 11.1 Å². The lowest BCUT2D eigenvalue weighted by atomic mass is 10.1. The van der Waals surface area contributed by atoms with Crippen molar-refractivity contribution < 1.29 is 24.2 Å². The fraction of sp³-hybridized carbons (Fsp3) is 0.158. The molecule has 29 heavy (non-hydrogen) atoms. The largest absolute Gasteiger partial charge is 0.438 e. The average molecular weight is 434 g/mol. The number of rotatable bonds is 4. The summed E-state index contributed by atoms with van der Waals surface area (Å²) in [5.41, 5.74) is 0.838. The Kier molecular flexibility index (Phi) is 5.55. The van der Waals surface area contributed by atoms with Crippen LogP contribution in [-0.4, -0.2) is 9.55 Å². The second-order valence-electron chi connectivity index (χ2n) is 5.77. The van der Waals surface area contributed by atoms with E-state index >= 15 is 0 Å². The summed E-state index contributed by atoms with van der Waals surface area (Å²) in [6.45, 7) is 4.00. The quantitative estimate of drug-likeness (QED) is 0.419. The molecule has 0 radical (unpaired) electrons. The zero-order valence-corrected chi connectivity index (χ0v) is 16.6. The minimum absolute atomic E-state index is 0.0521. The van der Waals surface area contributed by atoms with Crippen LogP contribution in [0.3, 0.4) is 0 Å². The van der Waals surface area contributed by atoms with E-state index in [9.17, 15) is 24.2 Å². The molecule has 10 heteroatoms. The maximum Gasteiger partial charge on any atom is 0.310 e. The predicted octanol–water partition coefficient (Wildman–Crippen LogP) is 6.92. The van der Waals surface area contributed by atoms with Crippen LogP contribution in [0.2, 0.25) is 0 Å². The van der Waals surface area contributed by atoms with Crippen LogP contribution in [0.1, 0.15) is 13.8 Å². The van der Waals surface area contributed by atoms with Gasteiger partial charge in [0.2, 0.25) is 11.4 Å². The molecule has 2 aromatic heterocycles. The van der Waals surface area contributed by atoms with Crippen molar-refractivity contribution in [2.75, 3.05) is 0 Å². The van der Waals surface area contributed by atoms with Gasteiger partial charge in [0.15, 0.2) is 0 Å². The summed E-state index contributed by atoms with van der Waals surface area (Å²) in [6.07, 6.45) is 2.95. The van der Waals surface area contributed by atoms with Gasteiger partial charge in [-0.15, -0.1) is 0 Å². The van der Waals surface area contributed by atoms with Gasteiger partial charge in [-0.2, -0.15) is 0 Å². The SMILES string of the molecule is CC.Cn1cc(-c2cccnc2Oc2ccc(S(F)(F)(F)(F)F)cc2)ccc1=O. The molecule has 0 amide bonds. The van der Waals surface area contributed by atoms with E-state index in [0.717, 1.165) is 12.1 Å². The number of benzene rings is 1. The third-order valence-corrected chi connectivity index (χ3v) is 4.81. The first kappa shape index (κ1) is 22.4. The van der Waals surface area contributed by atoms with Crippen molar-refractivity contribution >= 4 is 10.2 Å². The second-order valence-corrected chi connectivity index (χ2v) is 8.17. The number of halogens is 5. The maximum atomic E-state index is 12.8. The molecule has 158 valence electrons. The zero-order chi connectivity index (χ0) is 21.9. The third-order valence-electron chi connectivity index (χ3n) is 3.65. The number of aromatic nitrogens is 2.